The van der Waals surface area contributed by atoms with E-state index >= 15 is 0 Å². The van der Waals surface area contributed by atoms with Gasteiger partial charge in [-0.2, -0.15) is 0 Å². The fraction of sp³-hybridized carbons (Fsp3) is 0.750. The lowest BCUT2D eigenvalue weighted by Crippen LogP contribution is -2.08. The minimum Gasteiger partial charge on any atom is -0.301 e. The van der Waals surface area contributed by atoms with Crippen LogP contribution in [-0.4, -0.2) is 15.7 Å². The van der Waals surface area contributed by atoms with Crippen molar-refractivity contribution in [3.05, 3.63) is 21.0 Å². The molecule has 0 spiro atoms. The first-order chi connectivity index (χ1) is 10.2. The largest absolute Gasteiger partial charge is 0.301 e. The fourth-order valence-electron chi connectivity index (χ4n) is 2.19. The molecule has 0 aliphatic heterocycles. The van der Waals surface area contributed by atoms with E-state index in [1.165, 1.54) is 64.2 Å². The van der Waals surface area contributed by atoms with Gasteiger partial charge >= 0.3 is 0 Å². The average molecular weight is 375 g/mol. The van der Waals surface area contributed by atoms with Gasteiger partial charge in [-0.15, -0.1) is 0 Å². The maximum absolute atomic E-state index is 11.4. The maximum Gasteiger partial charge on any atom is 0.265 e. The summed E-state index contributed by atoms with van der Waals surface area (Å²) in [6.07, 6.45) is 15.1. The summed E-state index contributed by atoms with van der Waals surface area (Å²) in [5.41, 5.74) is -0.101. The van der Waals surface area contributed by atoms with Crippen molar-refractivity contribution >= 4 is 27.7 Å². The predicted molar refractivity (Wildman–Crippen MR) is 95.1 cm³/mol. The van der Waals surface area contributed by atoms with E-state index in [9.17, 15) is 4.79 Å². The minimum absolute atomic E-state index is 0.101. The molecule has 0 bridgehead atoms. The Morgan fingerprint density at radius 1 is 1.05 bits per heavy atom. The Labute approximate surface area is 140 Å². The van der Waals surface area contributed by atoms with Crippen molar-refractivity contribution in [1.29, 1.82) is 0 Å². The zero-order valence-corrected chi connectivity index (χ0v) is 15.4. The van der Waals surface area contributed by atoms with E-state index in [1.54, 1.807) is 18.0 Å². The lowest BCUT2D eigenvalue weighted by Gasteiger charge is -2.02. The van der Waals surface area contributed by atoms with E-state index in [-0.39, 0.29) is 5.56 Å². The second-order valence-electron chi connectivity index (χ2n) is 5.40. The van der Waals surface area contributed by atoms with Crippen LogP contribution in [0.25, 0.3) is 0 Å². The molecule has 1 heterocycles. The monoisotopic (exact) mass is 374 g/mol. The fourth-order valence-corrected chi connectivity index (χ4v) is 3.23. The molecule has 0 aliphatic rings. The molecule has 0 radical (unpaired) electrons. The van der Waals surface area contributed by atoms with E-state index in [0.29, 0.717) is 4.47 Å². The van der Waals surface area contributed by atoms with E-state index in [0.717, 1.165) is 10.9 Å². The second kappa shape index (κ2) is 12.3. The summed E-state index contributed by atoms with van der Waals surface area (Å²) in [5.74, 6) is 1.03. The molecular weight excluding hydrogens is 348 g/mol. The first-order valence-corrected chi connectivity index (χ1v) is 9.89. The zero-order valence-electron chi connectivity index (χ0n) is 13.0. The van der Waals surface area contributed by atoms with Crippen molar-refractivity contribution in [2.75, 3.05) is 5.75 Å². The van der Waals surface area contributed by atoms with Crippen molar-refractivity contribution in [2.45, 2.75) is 76.3 Å². The summed E-state index contributed by atoms with van der Waals surface area (Å²) in [5, 5.41) is 0.721. The van der Waals surface area contributed by atoms with E-state index in [2.05, 4.69) is 32.8 Å². The third-order valence-corrected chi connectivity index (χ3v) is 5.01. The highest BCUT2D eigenvalue weighted by atomic mass is 79.9. The number of unbranched alkanes of at least 4 members (excludes halogenated alkanes) is 9. The molecule has 0 unspecified atom stereocenters. The van der Waals surface area contributed by atoms with Gasteiger partial charge in [0.1, 0.15) is 4.47 Å². The van der Waals surface area contributed by atoms with E-state index < -0.39 is 0 Å². The van der Waals surface area contributed by atoms with Crippen LogP contribution >= 0.6 is 27.7 Å². The molecule has 120 valence electrons. The Balaban J connectivity index is 1.93. The lowest BCUT2D eigenvalue weighted by atomic mass is 10.1. The molecule has 0 aliphatic carbocycles. The van der Waals surface area contributed by atoms with Gasteiger partial charge in [0.25, 0.3) is 5.56 Å². The van der Waals surface area contributed by atoms with Crippen LogP contribution in [0, 0.1) is 0 Å². The van der Waals surface area contributed by atoms with Crippen LogP contribution in [0.5, 0.6) is 0 Å². The molecule has 1 rings (SSSR count). The molecule has 0 atom stereocenters. The van der Waals surface area contributed by atoms with Crippen LogP contribution in [0.1, 0.15) is 71.1 Å². The topological polar surface area (TPSA) is 45.8 Å². The summed E-state index contributed by atoms with van der Waals surface area (Å²) < 4.78 is 0.491. The Hall–Kier alpha value is -0.290. The number of rotatable bonds is 12. The lowest BCUT2D eigenvalue weighted by molar-refractivity contribution is 0.563. The minimum atomic E-state index is -0.101. The Morgan fingerprint density at radius 2 is 1.62 bits per heavy atom. The maximum atomic E-state index is 11.4. The smallest absolute Gasteiger partial charge is 0.265 e. The van der Waals surface area contributed by atoms with Crippen LogP contribution in [0.2, 0.25) is 0 Å². The summed E-state index contributed by atoms with van der Waals surface area (Å²) in [4.78, 5) is 18.3. The van der Waals surface area contributed by atoms with Crippen molar-refractivity contribution in [2.24, 2.45) is 0 Å². The number of nitrogens with zero attached hydrogens (tertiary/aromatic N) is 1. The summed E-state index contributed by atoms with van der Waals surface area (Å²) in [7, 11) is 0. The molecule has 1 aromatic rings. The zero-order chi connectivity index (χ0) is 15.3. The summed E-state index contributed by atoms with van der Waals surface area (Å²) >= 11 is 4.78. The second-order valence-corrected chi connectivity index (χ2v) is 7.33. The number of hydrogen-bond donors (Lipinski definition) is 1. The third kappa shape index (κ3) is 9.35. The van der Waals surface area contributed by atoms with Gasteiger partial charge in [-0.3, -0.25) is 4.79 Å². The molecule has 0 amide bonds. The van der Waals surface area contributed by atoms with Crippen molar-refractivity contribution in [3.8, 4) is 0 Å². The van der Waals surface area contributed by atoms with Crippen molar-refractivity contribution < 1.29 is 0 Å². The van der Waals surface area contributed by atoms with Gasteiger partial charge in [-0.1, -0.05) is 76.5 Å². The highest BCUT2D eigenvalue weighted by Crippen LogP contribution is 2.16. The standard InChI is InChI=1S/C16H27BrN2OS/c1-2-3-4-5-6-7-8-9-10-11-12-21-16-18-13-14(17)15(20)19-16/h13H,2-12H2,1H3,(H,18,19,20). The molecule has 5 heteroatoms. The van der Waals surface area contributed by atoms with Crippen LogP contribution in [-0.2, 0) is 0 Å². The quantitative estimate of drug-likeness (QED) is 0.296. The van der Waals surface area contributed by atoms with E-state index in [4.69, 9.17) is 0 Å². The first kappa shape index (κ1) is 18.8. The molecule has 1 N–H and O–H groups in total. The normalized spacial score (nSPS) is 11.0. The van der Waals surface area contributed by atoms with Gasteiger partial charge in [0.2, 0.25) is 0 Å². The number of aromatic amines is 1. The number of H-pyrrole nitrogens is 1. The van der Waals surface area contributed by atoms with Gasteiger partial charge in [-0.25, -0.2) is 4.98 Å². The number of thioether (sulfide) groups is 1. The molecule has 1 aromatic heterocycles. The molecule has 21 heavy (non-hydrogen) atoms. The Bertz CT molecular complexity index is 437. The van der Waals surface area contributed by atoms with Crippen LogP contribution < -0.4 is 5.56 Å². The van der Waals surface area contributed by atoms with Crippen LogP contribution in [0.4, 0.5) is 0 Å². The Kier molecular flexibility index (Phi) is 11.0. The number of nitrogens with one attached hydrogen (secondary N) is 1. The SMILES string of the molecule is CCCCCCCCCCCCSc1ncc(Br)c(=O)[nH]1. The molecular formula is C16H27BrN2OS. The molecule has 3 nitrogen and oxygen atoms in total. The van der Waals surface area contributed by atoms with Crippen LogP contribution in [0.15, 0.2) is 20.6 Å². The average Bonchev–Trinajstić information content (AvgIpc) is 2.48. The van der Waals surface area contributed by atoms with Gasteiger partial charge < -0.3 is 4.98 Å². The predicted octanol–water partition coefficient (Wildman–Crippen LogP) is 5.55. The molecule has 0 fully saturated rings. The van der Waals surface area contributed by atoms with Gasteiger partial charge in [-0.05, 0) is 22.4 Å². The number of aromatic nitrogens is 2. The number of hydrogen-bond acceptors (Lipinski definition) is 3. The van der Waals surface area contributed by atoms with Gasteiger partial charge in [0.05, 0.1) is 0 Å². The van der Waals surface area contributed by atoms with Crippen molar-refractivity contribution in [1.82, 2.24) is 9.97 Å². The number of halogens is 1. The summed E-state index contributed by atoms with van der Waals surface area (Å²) in [6, 6.07) is 0. The molecule has 0 aromatic carbocycles. The van der Waals surface area contributed by atoms with Crippen LogP contribution in [0.3, 0.4) is 0 Å². The molecule has 0 saturated heterocycles. The third-order valence-electron chi connectivity index (χ3n) is 3.47. The summed E-state index contributed by atoms with van der Waals surface area (Å²) in [6.45, 7) is 2.26. The van der Waals surface area contributed by atoms with E-state index in [1.807, 2.05) is 0 Å². The highest BCUT2D eigenvalue weighted by Gasteiger charge is 2.00. The first-order valence-electron chi connectivity index (χ1n) is 8.11. The van der Waals surface area contributed by atoms with Gasteiger partial charge in [0.15, 0.2) is 5.16 Å². The molecule has 0 saturated carbocycles. The highest BCUT2D eigenvalue weighted by molar-refractivity contribution is 9.10. The van der Waals surface area contributed by atoms with Crippen molar-refractivity contribution in [3.63, 3.8) is 0 Å². The van der Waals surface area contributed by atoms with Gasteiger partial charge in [0, 0.05) is 11.9 Å². The Morgan fingerprint density at radius 3 is 2.19 bits per heavy atom.